The summed E-state index contributed by atoms with van der Waals surface area (Å²) in [6.07, 6.45) is 3.95. The van der Waals surface area contributed by atoms with Gasteiger partial charge < -0.3 is 10.5 Å². The number of aromatic nitrogens is 4. The van der Waals surface area contributed by atoms with Gasteiger partial charge in [-0.25, -0.2) is 9.97 Å². The fraction of sp³-hybridized carbons (Fsp3) is 0.150. The zero-order valence-electron chi connectivity index (χ0n) is 14.3. The Bertz CT molecular complexity index is 1140. The van der Waals surface area contributed by atoms with Crippen LogP contribution in [0.2, 0.25) is 5.02 Å². The number of halogens is 1. The highest BCUT2D eigenvalue weighted by molar-refractivity contribution is 6.35. The summed E-state index contributed by atoms with van der Waals surface area (Å²) < 4.78 is 5.86. The van der Waals surface area contributed by atoms with E-state index in [9.17, 15) is 0 Å². The Balaban J connectivity index is 1.74. The topological polar surface area (TPSA) is 89.7 Å². The highest BCUT2D eigenvalue weighted by atomic mass is 35.5. The van der Waals surface area contributed by atoms with Gasteiger partial charge in [-0.2, -0.15) is 5.10 Å². The van der Waals surface area contributed by atoms with Gasteiger partial charge in [0.15, 0.2) is 5.82 Å². The zero-order chi connectivity index (χ0) is 18.4. The molecule has 1 aliphatic carbocycles. The quantitative estimate of drug-likeness (QED) is 0.547. The molecule has 0 unspecified atom stereocenters. The molecule has 1 saturated carbocycles. The monoisotopic (exact) mass is 377 g/mol. The fourth-order valence-corrected chi connectivity index (χ4v) is 3.28. The standard InChI is InChI=1S/C20H16ClN5O/c21-15-9-12(8-13-10-23-26-16(13)15)18-17(11-4-2-1-3-5-11)24-19(22)20(25-18)27-14-6-7-14/h1-5,8-10,14H,6-7H2,(H2,22,24)(H,23,26). The first kappa shape index (κ1) is 16.1. The third kappa shape index (κ3) is 2.98. The van der Waals surface area contributed by atoms with Crippen LogP contribution in [0, 0.1) is 0 Å². The molecule has 0 spiro atoms. The second-order valence-electron chi connectivity index (χ2n) is 6.59. The van der Waals surface area contributed by atoms with Crippen LogP contribution in [0.3, 0.4) is 0 Å². The zero-order valence-corrected chi connectivity index (χ0v) is 15.1. The van der Waals surface area contributed by atoms with Crippen molar-refractivity contribution in [2.75, 3.05) is 5.73 Å². The van der Waals surface area contributed by atoms with Gasteiger partial charge in [0.2, 0.25) is 0 Å². The number of nitrogens with zero attached hydrogens (tertiary/aromatic N) is 3. The van der Waals surface area contributed by atoms with E-state index in [0.717, 1.165) is 34.9 Å². The summed E-state index contributed by atoms with van der Waals surface area (Å²) in [5.74, 6) is 0.663. The highest BCUT2D eigenvalue weighted by Crippen LogP contribution is 2.37. The van der Waals surface area contributed by atoms with Crippen molar-refractivity contribution < 1.29 is 4.74 Å². The van der Waals surface area contributed by atoms with Gasteiger partial charge in [-0.15, -0.1) is 0 Å². The van der Waals surface area contributed by atoms with Crippen LogP contribution in [0.5, 0.6) is 5.88 Å². The molecule has 0 aliphatic heterocycles. The molecule has 3 N–H and O–H groups in total. The summed E-state index contributed by atoms with van der Waals surface area (Å²) in [6, 6.07) is 13.7. The maximum Gasteiger partial charge on any atom is 0.258 e. The maximum absolute atomic E-state index is 6.44. The molecule has 2 heterocycles. The molecular weight excluding hydrogens is 362 g/mol. The Kier molecular flexibility index (Phi) is 3.72. The molecule has 0 atom stereocenters. The number of nitrogens with one attached hydrogen (secondary N) is 1. The Morgan fingerprint density at radius 3 is 2.59 bits per heavy atom. The third-order valence-electron chi connectivity index (χ3n) is 4.51. The molecule has 1 aliphatic rings. The molecule has 0 amide bonds. The van der Waals surface area contributed by atoms with Crippen LogP contribution >= 0.6 is 11.6 Å². The van der Waals surface area contributed by atoms with Gasteiger partial charge in [-0.3, -0.25) is 5.10 Å². The first-order valence-electron chi connectivity index (χ1n) is 8.71. The Labute approximate surface area is 160 Å². The summed E-state index contributed by atoms with van der Waals surface area (Å²) in [4.78, 5) is 9.35. The molecule has 0 radical (unpaired) electrons. The maximum atomic E-state index is 6.44. The third-order valence-corrected chi connectivity index (χ3v) is 4.81. The van der Waals surface area contributed by atoms with E-state index in [1.54, 1.807) is 6.20 Å². The Morgan fingerprint density at radius 2 is 1.81 bits per heavy atom. The fourth-order valence-electron chi connectivity index (χ4n) is 3.01. The number of anilines is 1. The van der Waals surface area contributed by atoms with Crippen molar-refractivity contribution in [2.24, 2.45) is 0 Å². The first-order valence-corrected chi connectivity index (χ1v) is 9.09. The van der Waals surface area contributed by atoms with E-state index in [4.69, 9.17) is 27.1 Å². The van der Waals surface area contributed by atoms with E-state index >= 15 is 0 Å². The van der Waals surface area contributed by atoms with Crippen LogP contribution < -0.4 is 10.5 Å². The number of H-pyrrole nitrogens is 1. The molecule has 2 aromatic carbocycles. The van der Waals surface area contributed by atoms with Crippen LogP contribution in [0.25, 0.3) is 33.4 Å². The van der Waals surface area contributed by atoms with Gasteiger partial charge in [0, 0.05) is 16.5 Å². The predicted octanol–water partition coefficient (Wildman–Crippen LogP) is 4.46. The van der Waals surface area contributed by atoms with Crippen molar-refractivity contribution in [1.82, 2.24) is 20.2 Å². The number of ether oxygens (including phenoxy) is 1. The van der Waals surface area contributed by atoms with E-state index in [-0.39, 0.29) is 6.10 Å². The Morgan fingerprint density at radius 1 is 1.04 bits per heavy atom. The minimum Gasteiger partial charge on any atom is -0.472 e. The van der Waals surface area contributed by atoms with E-state index < -0.39 is 0 Å². The lowest BCUT2D eigenvalue weighted by atomic mass is 10.0. The van der Waals surface area contributed by atoms with Crippen molar-refractivity contribution in [3.05, 3.63) is 53.7 Å². The highest BCUT2D eigenvalue weighted by Gasteiger charge is 2.26. The number of benzene rings is 2. The molecular formula is C20H16ClN5O. The van der Waals surface area contributed by atoms with Crippen molar-refractivity contribution in [3.63, 3.8) is 0 Å². The lowest BCUT2D eigenvalue weighted by Gasteiger charge is -2.14. The number of nitrogen functional groups attached to an aromatic ring is 1. The molecule has 2 aromatic heterocycles. The molecule has 6 nitrogen and oxygen atoms in total. The molecule has 7 heteroatoms. The number of nitrogens with two attached hydrogens (primary N) is 1. The van der Waals surface area contributed by atoms with Crippen LogP contribution in [-0.2, 0) is 0 Å². The van der Waals surface area contributed by atoms with Crippen molar-refractivity contribution in [1.29, 1.82) is 0 Å². The second kappa shape index (κ2) is 6.25. The number of fused-ring (bicyclic) bond motifs is 1. The van der Waals surface area contributed by atoms with Crippen LogP contribution in [0.15, 0.2) is 48.7 Å². The minimum atomic E-state index is 0.178. The van der Waals surface area contributed by atoms with Crippen LogP contribution in [0.1, 0.15) is 12.8 Å². The molecule has 0 bridgehead atoms. The Hall–Kier alpha value is -3.12. The average molecular weight is 378 g/mol. The lowest BCUT2D eigenvalue weighted by molar-refractivity contribution is 0.292. The number of hydrogen-bond acceptors (Lipinski definition) is 5. The summed E-state index contributed by atoms with van der Waals surface area (Å²) in [5.41, 5.74) is 10.1. The van der Waals surface area contributed by atoms with Gasteiger partial charge >= 0.3 is 0 Å². The molecule has 0 saturated heterocycles. The predicted molar refractivity (Wildman–Crippen MR) is 106 cm³/mol. The summed E-state index contributed by atoms with van der Waals surface area (Å²) in [6.45, 7) is 0. The second-order valence-corrected chi connectivity index (χ2v) is 6.99. The summed E-state index contributed by atoms with van der Waals surface area (Å²) in [5, 5.41) is 8.45. The van der Waals surface area contributed by atoms with Crippen molar-refractivity contribution >= 4 is 28.3 Å². The summed E-state index contributed by atoms with van der Waals surface area (Å²) >= 11 is 6.44. The molecule has 134 valence electrons. The van der Waals surface area contributed by atoms with E-state index in [2.05, 4.69) is 15.2 Å². The number of aromatic amines is 1. The van der Waals surface area contributed by atoms with Gasteiger partial charge in [-0.05, 0) is 25.0 Å². The van der Waals surface area contributed by atoms with Crippen molar-refractivity contribution in [2.45, 2.75) is 18.9 Å². The van der Waals surface area contributed by atoms with Gasteiger partial charge in [0.05, 0.1) is 22.4 Å². The summed E-state index contributed by atoms with van der Waals surface area (Å²) in [7, 11) is 0. The smallest absolute Gasteiger partial charge is 0.258 e. The lowest BCUT2D eigenvalue weighted by Crippen LogP contribution is -2.06. The van der Waals surface area contributed by atoms with Gasteiger partial charge in [-0.1, -0.05) is 41.9 Å². The van der Waals surface area contributed by atoms with Crippen LogP contribution in [0.4, 0.5) is 5.82 Å². The number of rotatable bonds is 4. The van der Waals surface area contributed by atoms with Crippen molar-refractivity contribution in [3.8, 4) is 28.4 Å². The normalized spacial score (nSPS) is 13.8. The largest absolute Gasteiger partial charge is 0.472 e. The molecule has 5 rings (SSSR count). The molecule has 27 heavy (non-hydrogen) atoms. The van der Waals surface area contributed by atoms with Crippen LogP contribution in [-0.4, -0.2) is 26.3 Å². The first-order chi connectivity index (χ1) is 13.2. The van der Waals surface area contributed by atoms with Gasteiger partial charge in [0.25, 0.3) is 5.88 Å². The number of hydrogen-bond donors (Lipinski definition) is 2. The SMILES string of the molecule is Nc1nc(-c2ccccc2)c(-c2cc(Cl)c3[nH]ncc3c2)nc1OC1CC1. The van der Waals surface area contributed by atoms with E-state index in [0.29, 0.717) is 28.1 Å². The van der Waals surface area contributed by atoms with Gasteiger partial charge in [0.1, 0.15) is 11.8 Å². The molecule has 1 fully saturated rings. The molecule has 4 aromatic rings. The van der Waals surface area contributed by atoms with E-state index in [1.807, 2.05) is 42.5 Å². The average Bonchev–Trinajstić information content (AvgIpc) is 3.37. The minimum absolute atomic E-state index is 0.178. The van der Waals surface area contributed by atoms with E-state index in [1.165, 1.54) is 0 Å².